The summed E-state index contributed by atoms with van der Waals surface area (Å²) in [4.78, 5) is 27.4. The summed E-state index contributed by atoms with van der Waals surface area (Å²) < 4.78 is 19.3. The quantitative estimate of drug-likeness (QED) is 0.883. The maximum absolute atomic E-state index is 13.9. The van der Waals surface area contributed by atoms with E-state index in [4.69, 9.17) is 10.5 Å². The third-order valence-electron chi connectivity index (χ3n) is 4.25. The first kappa shape index (κ1) is 17.7. The molecule has 0 spiro atoms. The number of primary amides is 1. The van der Waals surface area contributed by atoms with Crippen LogP contribution in [-0.2, 0) is 4.79 Å². The lowest BCUT2D eigenvalue weighted by molar-refractivity contribution is -0.119. The Morgan fingerprint density at radius 1 is 1.00 bits per heavy atom. The fraction of sp³-hybridized carbons (Fsp3) is 0.263. The smallest absolute Gasteiger partial charge is 0.257 e. The van der Waals surface area contributed by atoms with Crippen LogP contribution in [0.25, 0.3) is 0 Å². The average Bonchev–Trinajstić information content (AvgIpc) is 2.66. The molecule has 1 aliphatic rings. The Balaban J connectivity index is 1.67. The van der Waals surface area contributed by atoms with Crippen molar-refractivity contribution in [1.29, 1.82) is 0 Å². The lowest BCUT2D eigenvalue weighted by Crippen LogP contribution is -2.49. The molecule has 3 rings (SSSR count). The first-order valence-corrected chi connectivity index (χ1v) is 8.35. The van der Waals surface area contributed by atoms with Crippen molar-refractivity contribution in [2.24, 2.45) is 5.73 Å². The molecule has 2 amide bonds. The fourth-order valence-electron chi connectivity index (χ4n) is 2.95. The molecule has 2 aromatic rings. The third kappa shape index (κ3) is 3.93. The summed E-state index contributed by atoms with van der Waals surface area (Å²) in [5.41, 5.74) is 6.03. The molecule has 2 N–H and O–H groups in total. The zero-order chi connectivity index (χ0) is 18.5. The zero-order valence-electron chi connectivity index (χ0n) is 14.2. The first-order valence-electron chi connectivity index (χ1n) is 8.35. The van der Waals surface area contributed by atoms with Crippen molar-refractivity contribution < 1.29 is 18.7 Å². The molecular formula is C19H20FN3O3. The van der Waals surface area contributed by atoms with Gasteiger partial charge in [-0.15, -0.1) is 0 Å². The molecule has 1 aliphatic heterocycles. The minimum Gasteiger partial charge on any atom is -0.483 e. The molecule has 0 atom stereocenters. The summed E-state index contributed by atoms with van der Waals surface area (Å²) in [6.45, 7) is 1.73. The topological polar surface area (TPSA) is 75.9 Å². The number of carbonyl (C=O) groups is 2. The third-order valence-corrected chi connectivity index (χ3v) is 4.25. The van der Waals surface area contributed by atoms with E-state index < -0.39 is 5.91 Å². The molecule has 0 radical (unpaired) electrons. The van der Waals surface area contributed by atoms with Gasteiger partial charge in [0.15, 0.2) is 6.61 Å². The fourth-order valence-corrected chi connectivity index (χ4v) is 2.95. The molecule has 1 heterocycles. The van der Waals surface area contributed by atoms with Crippen LogP contribution in [-0.4, -0.2) is 49.5 Å². The van der Waals surface area contributed by atoms with E-state index in [2.05, 4.69) is 0 Å². The van der Waals surface area contributed by atoms with Crippen LogP contribution in [0.4, 0.5) is 10.1 Å². The van der Waals surface area contributed by atoms with Crippen molar-refractivity contribution >= 4 is 17.5 Å². The monoisotopic (exact) mass is 357 g/mol. The number of benzene rings is 2. The number of piperazine rings is 1. The number of nitrogens with zero attached hydrogens (tertiary/aromatic N) is 2. The summed E-state index contributed by atoms with van der Waals surface area (Å²) in [7, 11) is 0. The Morgan fingerprint density at radius 2 is 1.65 bits per heavy atom. The van der Waals surface area contributed by atoms with Gasteiger partial charge in [-0.2, -0.15) is 0 Å². The van der Waals surface area contributed by atoms with Crippen LogP contribution in [0.5, 0.6) is 5.75 Å². The van der Waals surface area contributed by atoms with Crippen molar-refractivity contribution in [2.45, 2.75) is 0 Å². The van der Waals surface area contributed by atoms with Gasteiger partial charge in [0.2, 0.25) is 0 Å². The zero-order valence-corrected chi connectivity index (χ0v) is 14.2. The summed E-state index contributed by atoms with van der Waals surface area (Å²) in [5.74, 6) is -0.727. The van der Waals surface area contributed by atoms with Gasteiger partial charge in [0.05, 0.1) is 11.3 Å². The number of hydrogen-bond donors (Lipinski definition) is 1. The number of anilines is 1. The van der Waals surface area contributed by atoms with Crippen molar-refractivity contribution in [3.05, 3.63) is 59.9 Å². The minimum atomic E-state index is -0.606. The van der Waals surface area contributed by atoms with Crippen molar-refractivity contribution in [2.75, 3.05) is 37.7 Å². The summed E-state index contributed by atoms with van der Waals surface area (Å²) in [5, 5.41) is 0. The van der Waals surface area contributed by atoms with Crippen molar-refractivity contribution in [1.82, 2.24) is 4.90 Å². The van der Waals surface area contributed by atoms with Gasteiger partial charge in [0.25, 0.3) is 11.8 Å². The summed E-state index contributed by atoms with van der Waals surface area (Å²) in [6.07, 6.45) is 0. The number of nitrogens with two attached hydrogens (primary N) is 1. The predicted octanol–water partition coefficient (Wildman–Crippen LogP) is 1.65. The molecule has 0 aromatic heterocycles. The maximum atomic E-state index is 13.9. The van der Waals surface area contributed by atoms with Crippen molar-refractivity contribution in [3.63, 3.8) is 0 Å². The molecule has 6 nitrogen and oxygen atoms in total. The van der Waals surface area contributed by atoms with Crippen molar-refractivity contribution in [3.8, 4) is 5.75 Å². The van der Waals surface area contributed by atoms with Gasteiger partial charge in [-0.3, -0.25) is 9.59 Å². The highest BCUT2D eigenvalue weighted by Gasteiger charge is 2.25. The Bertz CT molecular complexity index is 804. The number of ether oxygens (including phenoxy) is 1. The van der Waals surface area contributed by atoms with E-state index in [0.29, 0.717) is 43.2 Å². The number of carbonyl (C=O) groups excluding carboxylic acids is 2. The molecule has 7 heteroatoms. The predicted molar refractivity (Wildman–Crippen MR) is 95.6 cm³/mol. The van der Waals surface area contributed by atoms with E-state index in [9.17, 15) is 14.0 Å². The minimum absolute atomic E-state index is 0.182. The number of amides is 2. The lowest BCUT2D eigenvalue weighted by Gasteiger charge is -2.36. The highest BCUT2D eigenvalue weighted by molar-refractivity contribution is 5.97. The van der Waals surface area contributed by atoms with Gasteiger partial charge >= 0.3 is 0 Å². The SMILES string of the molecule is NC(=O)COc1ccccc1C(=O)N1CCN(c2ccccc2F)CC1. The molecule has 2 aromatic carbocycles. The van der Waals surface area contributed by atoms with E-state index in [0.717, 1.165) is 0 Å². The standard InChI is InChI=1S/C19H20FN3O3/c20-15-6-2-3-7-16(15)22-9-11-23(12-10-22)19(25)14-5-1-4-8-17(14)26-13-18(21)24/h1-8H,9-13H2,(H2,21,24). The molecule has 1 fully saturated rings. The van der Waals surface area contributed by atoms with Crippen LogP contribution in [0.15, 0.2) is 48.5 Å². The first-order chi connectivity index (χ1) is 12.6. The number of para-hydroxylation sites is 2. The average molecular weight is 357 g/mol. The van der Waals surface area contributed by atoms with E-state index in [1.165, 1.54) is 6.07 Å². The number of halogens is 1. The maximum Gasteiger partial charge on any atom is 0.257 e. The van der Waals surface area contributed by atoms with E-state index in [1.807, 2.05) is 4.90 Å². The van der Waals surface area contributed by atoms with Gasteiger partial charge < -0.3 is 20.3 Å². The van der Waals surface area contributed by atoms with Crippen LogP contribution in [0.2, 0.25) is 0 Å². The second-order valence-electron chi connectivity index (χ2n) is 5.98. The Kier molecular flexibility index (Phi) is 5.36. The van der Waals surface area contributed by atoms with Gasteiger partial charge in [-0.1, -0.05) is 24.3 Å². The van der Waals surface area contributed by atoms with Gasteiger partial charge in [-0.25, -0.2) is 4.39 Å². The van der Waals surface area contributed by atoms with Crippen LogP contribution in [0.3, 0.4) is 0 Å². The van der Waals surface area contributed by atoms with Crippen LogP contribution >= 0.6 is 0 Å². The molecule has 26 heavy (non-hydrogen) atoms. The second kappa shape index (κ2) is 7.86. The molecule has 136 valence electrons. The summed E-state index contributed by atoms with van der Waals surface area (Å²) >= 11 is 0. The molecule has 1 saturated heterocycles. The Hall–Kier alpha value is -3.09. The number of hydrogen-bond acceptors (Lipinski definition) is 4. The highest BCUT2D eigenvalue weighted by atomic mass is 19.1. The lowest BCUT2D eigenvalue weighted by atomic mass is 10.1. The van der Waals surface area contributed by atoms with E-state index in [-0.39, 0.29) is 18.3 Å². The normalized spacial score (nSPS) is 14.2. The largest absolute Gasteiger partial charge is 0.483 e. The Labute approximate surface area is 150 Å². The van der Waals surface area contributed by atoms with Gasteiger partial charge in [-0.05, 0) is 24.3 Å². The van der Waals surface area contributed by atoms with E-state index >= 15 is 0 Å². The van der Waals surface area contributed by atoms with E-state index in [1.54, 1.807) is 47.4 Å². The number of rotatable bonds is 5. The van der Waals surface area contributed by atoms with Crippen LogP contribution < -0.4 is 15.4 Å². The highest BCUT2D eigenvalue weighted by Crippen LogP contribution is 2.23. The molecule has 0 unspecified atom stereocenters. The van der Waals surface area contributed by atoms with Gasteiger partial charge in [0.1, 0.15) is 11.6 Å². The van der Waals surface area contributed by atoms with Crippen LogP contribution in [0, 0.1) is 5.82 Å². The molecule has 0 saturated carbocycles. The van der Waals surface area contributed by atoms with Crippen LogP contribution in [0.1, 0.15) is 10.4 Å². The Morgan fingerprint density at radius 3 is 2.35 bits per heavy atom. The molecular weight excluding hydrogens is 337 g/mol. The summed E-state index contributed by atoms with van der Waals surface area (Å²) in [6, 6.07) is 13.4. The second-order valence-corrected chi connectivity index (χ2v) is 5.98. The van der Waals surface area contributed by atoms with Gasteiger partial charge in [0, 0.05) is 26.2 Å². The molecule has 0 aliphatic carbocycles. The molecule has 0 bridgehead atoms.